The summed E-state index contributed by atoms with van der Waals surface area (Å²) >= 11 is 0.885. The Labute approximate surface area is 142 Å². The Hall–Kier alpha value is -0.743. The van der Waals surface area contributed by atoms with Gasteiger partial charge in [0.1, 0.15) is 5.82 Å². The summed E-state index contributed by atoms with van der Waals surface area (Å²) in [6.07, 6.45) is -12.1. The van der Waals surface area contributed by atoms with E-state index in [2.05, 4.69) is 10.2 Å². The zero-order chi connectivity index (χ0) is 19.1. The lowest BCUT2D eigenvalue weighted by atomic mass is 9.92. The van der Waals surface area contributed by atoms with Gasteiger partial charge in [-0.2, -0.15) is 26.3 Å². The van der Waals surface area contributed by atoms with Gasteiger partial charge in [-0.05, 0) is 23.7 Å². The highest BCUT2D eigenvalue weighted by Crippen LogP contribution is 2.51. The van der Waals surface area contributed by atoms with E-state index in [0.717, 1.165) is 17.8 Å². The Bertz CT molecular complexity index is 582. The number of aliphatic hydroxyl groups is 1. The van der Waals surface area contributed by atoms with Crippen LogP contribution in [0.4, 0.5) is 30.7 Å². The van der Waals surface area contributed by atoms with Gasteiger partial charge in [-0.1, -0.05) is 20.8 Å². The maximum absolute atomic E-state index is 13.6. The molecule has 1 aromatic rings. The van der Waals surface area contributed by atoms with E-state index in [1.54, 1.807) is 20.8 Å². The summed E-state index contributed by atoms with van der Waals surface area (Å²) in [6, 6.07) is 1.36. The summed E-state index contributed by atoms with van der Waals surface area (Å²) < 4.78 is 90.4. The average molecular weight is 391 g/mol. The number of hydrogen-bond donors (Lipinski definition) is 1. The minimum absolute atomic E-state index is 0.0369. The fraction of sp³-hybridized carbons (Fsp3) is 0.571. The maximum Gasteiger partial charge on any atom is 0.430 e. The van der Waals surface area contributed by atoms with Crippen LogP contribution in [-0.2, 0) is 5.60 Å². The quantitative estimate of drug-likeness (QED) is 0.444. The molecule has 0 bridgehead atoms. The van der Waals surface area contributed by atoms with Crippen molar-refractivity contribution in [3.8, 4) is 0 Å². The highest BCUT2D eigenvalue weighted by molar-refractivity contribution is 8.00. The van der Waals surface area contributed by atoms with Crippen LogP contribution in [0, 0.1) is 5.82 Å². The van der Waals surface area contributed by atoms with Crippen LogP contribution in [0.2, 0.25) is 5.54 Å². The molecule has 10 heteroatoms. The number of rotatable bonds is 4. The lowest BCUT2D eigenvalue weighted by Gasteiger charge is -2.33. The van der Waals surface area contributed by atoms with Crippen molar-refractivity contribution in [1.29, 1.82) is 0 Å². The van der Waals surface area contributed by atoms with Gasteiger partial charge in [-0.15, -0.1) is 11.8 Å². The fourth-order valence-corrected chi connectivity index (χ4v) is 3.03. The summed E-state index contributed by atoms with van der Waals surface area (Å²) in [6.45, 7) is 5.09. The second kappa shape index (κ2) is 6.53. The molecule has 135 valence electrons. The van der Waals surface area contributed by atoms with Crippen molar-refractivity contribution in [2.45, 2.75) is 53.9 Å². The standard InChI is InChI=1S/C14H14F7OSSi/c1-7(24)11(2,3)23-10-5-8(4-9(15)6-10)12(22,13(16,17)18)14(19,20)21/h4-7,22H,1-3H3. The topological polar surface area (TPSA) is 20.2 Å². The molecule has 0 heterocycles. The molecule has 1 N–H and O–H groups in total. The third-order valence-corrected chi connectivity index (χ3v) is 5.82. The number of thioether (sulfide) groups is 1. The van der Waals surface area contributed by atoms with Gasteiger partial charge in [0.15, 0.2) is 0 Å². The highest BCUT2D eigenvalue weighted by atomic mass is 32.2. The highest BCUT2D eigenvalue weighted by Gasteiger charge is 2.71. The van der Waals surface area contributed by atoms with E-state index in [-0.39, 0.29) is 16.5 Å². The maximum atomic E-state index is 13.6. The first-order valence-corrected chi connectivity index (χ1v) is 7.99. The minimum Gasteiger partial charge on any atom is -0.369 e. The van der Waals surface area contributed by atoms with E-state index < -0.39 is 34.1 Å². The first kappa shape index (κ1) is 21.3. The smallest absolute Gasteiger partial charge is 0.369 e. The molecule has 0 aliphatic heterocycles. The molecule has 0 aliphatic rings. The van der Waals surface area contributed by atoms with Crippen molar-refractivity contribution in [3.05, 3.63) is 29.6 Å². The van der Waals surface area contributed by atoms with Gasteiger partial charge < -0.3 is 5.11 Å². The SMILES string of the molecule is CC([Si])C(C)(C)Sc1cc(F)cc(C(O)(C(F)(F)F)C(F)(F)F)c1. The first-order valence-electron chi connectivity index (χ1n) is 6.59. The molecule has 0 aromatic heterocycles. The van der Waals surface area contributed by atoms with Gasteiger partial charge in [0.2, 0.25) is 0 Å². The molecule has 1 nitrogen and oxygen atoms in total. The third kappa shape index (κ3) is 4.08. The Kier molecular flexibility index (Phi) is 5.79. The molecule has 0 spiro atoms. The zero-order valence-electron chi connectivity index (χ0n) is 12.8. The normalized spacial score (nSPS) is 15.5. The van der Waals surface area contributed by atoms with Gasteiger partial charge in [0.05, 0.1) is 0 Å². The number of benzene rings is 1. The minimum atomic E-state index is -6.06. The van der Waals surface area contributed by atoms with E-state index in [1.807, 2.05) is 0 Å². The average Bonchev–Trinajstić information content (AvgIpc) is 2.33. The van der Waals surface area contributed by atoms with Crippen LogP contribution < -0.4 is 0 Å². The predicted molar refractivity (Wildman–Crippen MR) is 77.5 cm³/mol. The lowest BCUT2D eigenvalue weighted by Crippen LogP contribution is -2.54. The van der Waals surface area contributed by atoms with Crippen molar-refractivity contribution >= 4 is 22.0 Å². The molecule has 0 fully saturated rings. The van der Waals surface area contributed by atoms with Crippen LogP contribution in [0.1, 0.15) is 26.3 Å². The molecule has 1 aromatic carbocycles. The Morgan fingerprint density at radius 3 is 1.83 bits per heavy atom. The van der Waals surface area contributed by atoms with Crippen LogP contribution in [0.3, 0.4) is 0 Å². The van der Waals surface area contributed by atoms with Crippen molar-refractivity contribution < 1.29 is 35.8 Å². The summed E-state index contributed by atoms with van der Waals surface area (Å²) in [5, 5.41) is 9.38. The van der Waals surface area contributed by atoms with E-state index >= 15 is 0 Å². The van der Waals surface area contributed by atoms with Crippen LogP contribution in [0.15, 0.2) is 23.1 Å². The zero-order valence-corrected chi connectivity index (χ0v) is 14.6. The molecule has 3 radical (unpaired) electrons. The Balaban J connectivity index is 3.50. The van der Waals surface area contributed by atoms with Gasteiger partial charge in [0, 0.05) is 25.4 Å². The first-order chi connectivity index (χ1) is 10.5. The molecule has 0 amide bonds. The van der Waals surface area contributed by atoms with E-state index in [0.29, 0.717) is 6.07 Å². The van der Waals surface area contributed by atoms with Gasteiger partial charge in [-0.25, -0.2) is 4.39 Å². The Morgan fingerprint density at radius 2 is 1.46 bits per heavy atom. The Morgan fingerprint density at radius 1 is 1.00 bits per heavy atom. The number of hydrogen-bond acceptors (Lipinski definition) is 2. The second-order valence-electron chi connectivity index (χ2n) is 5.81. The van der Waals surface area contributed by atoms with Crippen molar-refractivity contribution in [3.63, 3.8) is 0 Å². The van der Waals surface area contributed by atoms with Gasteiger partial charge >= 0.3 is 12.4 Å². The molecule has 1 atom stereocenters. The number of alkyl halides is 6. The molecular formula is C14H14F7OSSi. The van der Waals surface area contributed by atoms with E-state index in [9.17, 15) is 35.8 Å². The van der Waals surface area contributed by atoms with Gasteiger partial charge in [-0.3, -0.25) is 0 Å². The number of halogens is 7. The second-order valence-corrected chi connectivity index (χ2v) is 8.40. The van der Waals surface area contributed by atoms with Crippen LogP contribution in [-0.4, -0.2) is 32.4 Å². The molecule has 0 saturated heterocycles. The van der Waals surface area contributed by atoms with E-state index in [1.165, 1.54) is 0 Å². The summed E-state index contributed by atoms with van der Waals surface area (Å²) in [5.74, 6) is -1.31. The van der Waals surface area contributed by atoms with Crippen molar-refractivity contribution in [1.82, 2.24) is 0 Å². The summed E-state index contributed by atoms with van der Waals surface area (Å²) in [4.78, 5) is -0.160. The third-order valence-electron chi connectivity index (χ3n) is 3.53. The molecule has 24 heavy (non-hydrogen) atoms. The van der Waals surface area contributed by atoms with Crippen LogP contribution in [0.25, 0.3) is 0 Å². The lowest BCUT2D eigenvalue weighted by molar-refractivity contribution is -0.376. The molecule has 1 rings (SSSR count). The summed E-state index contributed by atoms with van der Waals surface area (Å²) in [7, 11) is 3.32. The molecule has 0 aliphatic carbocycles. The van der Waals surface area contributed by atoms with Crippen LogP contribution in [0.5, 0.6) is 0 Å². The fourth-order valence-electron chi connectivity index (χ4n) is 1.71. The predicted octanol–water partition coefficient (Wildman–Crippen LogP) is 4.99. The monoisotopic (exact) mass is 391 g/mol. The van der Waals surface area contributed by atoms with Crippen molar-refractivity contribution in [2.75, 3.05) is 0 Å². The summed E-state index contributed by atoms with van der Waals surface area (Å²) in [5.41, 5.74) is -6.94. The van der Waals surface area contributed by atoms with E-state index in [4.69, 9.17) is 0 Å². The molecular weight excluding hydrogens is 377 g/mol. The largest absolute Gasteiger partial charge is 0.430 e. The van der Waals surface area contributed by atoms with Gasteiger partial charge in [0.25, 0.3) is 5.60 Å². The molecule has 0 saturated carbocycles. The molecule has 1 unspecified atom stereocenters. The van der Waals surface area contributed by atoms with Crippen LogP contribution >= 0.6 is 11.8 Å². The van der Waals surface area contributed by atoms with Crippen molar-refractivity contribution in [2.24, 2.45) is 0 Å².